The second-order valence-electron chi connectivity index (χ2n) is 5.13. The highest BCUT2D eigenvalue weighted by Crippen LogP contribution is 2.19. The Morgan fingerprint density at radius 2 is 1.95 bits per heavy atom. The fourth-order valence-electron chi connectivity index (χ4n) is 2.15. The van der Waals surface area contributed by atoms with E-state index in [2.05, 4.69) is 36.3 Å². The van der Waals surface area contributed by atoms with E-state index in [1.54, 1.807) is 4.80 Å². The molecule has 0 fully saturated rings. The molecule has 0 amide bonds. The minimum atomic E-state index is 0.280. The Morgan fingerprint density at radius 1 is 1.21 bits per heavy atom. The third-order valence-corrected chi connectivity index (χ3v) is 3.01. The third kappa shape index (κ3) is 3.64. The van der Waals surface area contributed by atoms with Gasteiger partial charge in [-0.3, -0.25) is 0 Å². The topological polar surface area (TPSA) is 42.7 Å². The normalized spacial score (nSPS) is 12.8. The first kappa shape index (κ1) is 13.7. The Bertz CT molecular complexity index is 490. The van der Waals surface area contributed by atoms with Crippen molar-refractivity contribution in [3.63, 3.8) is 0 Å². The van der Waals surface area contributed by atoms with Crippen molar-refractivity contribution in [2.24, 2.45) is 5.92 Å². The zero-order chi connectivity index (χ0) is 13.7. The van der Waals surface area contributed by atoms with Gasteiger partial charge in [0.2, 0.25) is 0 Å². The van der Waals surface area contributed by atoms with Crippen LogP contribution in [0.3, 0.4) is 0 Å². The maximum Gasteiger partial charge on any atom is 0.100 e. The summed E-state index contributed by atoms with van der Waals surface area (Å²) in [5.41, 5.74) is 2.01. The second kappa shape index (κ2) is 6.48. The Balaban J connectivity index is 2.18. The van der Waals surface area contributed by atoms with E-state index >= 15 is 0 Å². The summed E-state index contributed by atoms with van der Waals surface area (Å²) in [5, 5.41) is 12.4. The minimum Gasteiger partial charge on any atom is -0.309 e. The lowest BCUT2D eigenvalue weighted by Crippen LogP contribution is -2.23. The molecular formula is C15H22N4. The molecule has 0 aliphatic carbocycles. The third-order valence-electron chi connectivity index (χ3n) is 3.01. The fraction of sp³-hybridized carbons (Fsp3) is 0.467. The first-order valence-corrected chi connectivity index (χ1v) is 6.91. The fourth-order valence-corrected chi connectivity index (χ4v) is 2.15. The van der Waals surface area contributed by atoms with Gasteiger partial charge in [0.05, 0.1) is 17.9 Å². The predicted octanol–water partition coefficient (Wildman–Crippen LogP) is 2.96. The first-order chi connectivity index (χ1) is 9.20. The summed E-state index contributed by atoms with van der Waals surface area (Å²) < 4.78 is 0. The van der Waals surface area contributed by atoms with Crippen molar-refractivity contribution in [2.75, 3.05) is 6.54 Å². The molecule has 2 aromatic rings. The van der Waals surface area contributed by atoms with E-state index in [4.69, 9.17) is 0 Å². The number of hydrogen-bond acceptors (Lipinski definition) is 3. The first-order valence-electron chi connectivity index (χ1n) is 6.91. The van der Waals surface area contributed by atoms with Crippen LogP contribution in [0.5, 0.6) is 0 Å². The molecule has 0 aliphatic heterocycles. The van der Waals surface area contributed by atoms with Gasteiger partial charge in [0.1, 0.15) is 5.69 Å². The highest BCUT2D eigenvalue weighted by Gasteiger charge is 2.16. The Hall–Kier alpha value is -1.68. The number of nitrogens with zero attached hydrogens (tertiary/aromatic N) is 3. The van der Waals surface area contributed by atoms with Crippen molar-refractivity contribution in [3.05, 3.63) is 42.2 Å². The zero-order valence-electron chi connectivity index (χ0n) is 11.9. The molecule has 4 nitrogen and oxygen atoms in total. The average molecular weight is 258 g/mol. The van der Waals surface area contributed by atoms with Gasteiger partial charge < -0.3 is 5.32 Å². The van der Waals surface area contributed by atoms with Crippen LogP contribution in [0.25, 0.3) is 5.69 Å². The van der Waals surface area contributed by atoms with Gasteiger partial charge in [0.25, 0.3) is 0 Å². The Morgan fingerprint density at radius 3 is 2.58 bits per heavy atom. The van der Waals surface area contributed by atoms with Gasteiger partial charge in [-0.25, -0.2) is 0 Å². The highest BCUT2D eigenvalue weighted by molar-refractivity contribution is 5.28. The molecular weight excluding hydrogens is 236 g/mol. The minimum absolute atomic E-state index is 0.280. The van der Waals surface area contributed by atoms with E-state index < -0.39 is 0 Å². The standard InChI is InChI=1S/C15H22N4/c1-4-16-14(10-12(2)3)15-11-17-19(18-15)13-8-6-5-7-9-13/h5-9,11-12,14,16H,4,10H2,1-3H3. The number of aromatic nitrogens is 3. The summed E-state index contributed by atoms with van der Waals surface area (Å²) in [6, 6.07) is 10.3. The van der Waals surface area contributed by atoms with Crippen molar-refractivity contribution in [3.8, 4) is 5.69 Å². The highest BCUT2D eigenvalue weighted by atomic mass is 15.5. The molecule has 4 heteroatoms. The summed E-state index contributed by atoms with van der Waals surface area (Å²) in [7, 11) is 0. The average Bonchev–Trinajstić information content (AvgIpc) is 2.88. The Kier molecular flexibility index (Phi) is 4.68. The summed E-state index contributed by atoms with van der Waals surface area (Å²) >= 11 is 0. The summed E-state index contributed by atoms with van der Waals surface area (Å²) in [5.74, 6) is 0.630. The molecule has 1 heterocycles. The van der Waals surface area contributed by atoms with Crippen LogP contribution in [0.2, 0.25) is 0 Å². The number of rotatable bonds is 6. The van der Waals surface area contributed by atoms with Gasteiger partial charge >= 0.3 is 0 Å². The van der Waals surface area contributed by atoms with Gasteiger partial charge in [-0.15, -0.1) is 0 Å². The summed E-state index contributed by atoms with van der Waals surface area (Å²) in [6.45, 7) is 7.52. The maximum absolute atomic E-state index is 4.60. The van der Waals surface area contributed by atoms with E-state index in [-0.39, 0.29) is 6.04 Å². The van der Waals surface area contributed by atoms with Crippen LogP contribution in [0.15, 0.2) is 36.5 Å². The number of nitrogens with one attached hydrogen (secondary N) is 1. The SMILES string of the molecule is CCNC(CC(C)C)c1cnn(-c2ccccc2)n1. The van der Waals surface area contributed by atoms with Crippen molar-refractivity contribution in [1.29, 1.82) is 0 Å². The van der Waals surface area contributed by atoms with Gasteiger partial charge in [-0.1, -0.05) is 39.0 Å². The smallest absolute Gasteiger partial charge is 0.100 e. The van der Waals surface area contributed by atoms with E-state index in [1.807, 2.05) is 36.5 Å². The molecule has 0 aliphatic rings. The van der Waals surface area contributed by atoms with Gasteiger partial charge in [0.15, 0.2) is 0 Å². The van der Waals surface area contributed by atoms with E-state index in [9.17, 15) is 0 Å². The van der Waals surface area contributed by atoms with E-state index in [0.29, 0.717) is 5.92 Å². The molecule has 1 unspecified atom stereocenters. The molecule has 1 aromatic carbocycles. The number of hydrogen-bond donors (Lipinski definition) is 1. The van der Waals surface area contributed by atoms with Crippen LogP contribution in [0.4, 0.5) is 0 Å². The summed E-state index contributed by atoms with van der Waals surface area (Å²) in [4.78, 5) is 1.69. The number of para-hydroxylation sites is 1. The van der Waals surface area contributed by atoms with Gasteiger partial charge in [0, 0.05) is 0 Å². The van der Waals surface area contributed by atoms with Gasteiger partial charge in [-0.05, 0) is 31.0 Å². The van der Waals surface area contributed by atoms with Crippen LogP contribution in [-0.2, 0) is 0 Å². The molecule has 1 aromatic heterocycles. The van der Waals surface area contributed by atoms with Crippen LogP contribution in [-0.4, -0.2) is 21.5 Å². The van der Waals surface area contributed by atoms with E-state index in [0.717, 1.165) is 24.3 Å². The molecule has 102 valence electrons. The molecule has 1 N–H and O–H groups in total. The van der Waals surface area contributed by atoms with Crippen molar-refractivity contribution in [1.82, 2.24) is 20.3 Å². The molecule has 0 spiro atoms. The molecule has 2 rings (SSSR count). The Labute approximate surface area is 114 Å². The second-order valence-corrected chi connectivity index (χ2v) is 5.13. The molecule has 0 saturated carbocycles. The van der Waals surface area contributed by atoms with Gasteiger partial charge in [-0.2, -0.15) is 15.0 Å². The van der Waals surface area contributed by atoms with Crippen molar-refractivity contribution >= 4 is 0 Å². The van der Waals surface area contributed by atoms with Crippen LogP contribution in [0.1, 0.15) is 38.9 Å². The molecule has 1 atom stereocenters. The van der Waals surface area contributed by atoms with E-state index in [1.165, 1.54) is 0 Å². The van der Waals surface area contributed by atoms with Crippen LogP contribution in [0, 0.1) is 5.92 Å². The molecule has 0 bridgehead atoms. The zero-order valence-corrected chi connectivity index (χ0v) is 11.9. The predicted molar refractivity (Wildman–Crippen MR) is 77.2 cm³/mol. The largest absolute Gasteiger partial charge is 0.309 e. The molecule has 0 radical (unpaired) electrons. The van der Waals surface area contributed by atoms with Crippen LogP contribution >= 0.6 is 0 Å². The lowest BCUT2D eigenvalue weighted by Gasteiger charge is -2.17. The van der Waals surface area contributed by atoms with Crippen molar-refractivity contribution < 1.29 is 0 Å². The lowest BCUT2D eigenvalue weighted by atomic mass is 10.0. The lowest BCUT2D eigenvalue weighted by molar-refractivity contribution is 0.429. The number of benzene rings is 1. The van der Waals surface area contributed by atoms with Crippen LogP contribution < -0.4 is 5.32 Å². The molecule has 19 heavy (non-hydrogen) atoms. The van der Waals surface area contributed by atoms with Crippen molar-refractivity contribution in [2.45, 2.75) is 33.2 Å². The maximum atomic E-state index is 4.60. The molecule has 0 saturated heterocycles. The monoisotopic (exact) mass is 258 g/mol. The quantitative estimate of drug-likeness (QED) is 0.866. The summed E-state index contributed by atoms with van der Waals surface area (Å²) in [6.07, 6.45) is 2.93.